The van der Waals surface area contributed by atoms with E-state index in [1.54, 1.807) is 5.57 Å². The summed E-state index contributed by atoms with van der Waals surface area (Å²) in [6.07, 6.45) is 12.3. The fraction of sp³-hybridized carbons (Fsp3) is 0.897. The van der Waals surface area contributed by atoms with Crippen LogP contribution < -0.4 is 0 Å². The van der Waals surface area contributed by atoms with Crippen LogP contribution in [0.3, 0.4) is 0 Å². The number of ketones is 1. The fourth-order valence-electron chi connectivity index (χ4n) is 8.40. The molecule has 2 fully saturated rings. The SMILES string of the molecule is COC1CCC2(C)C3=C(C(=O)CC2C1)C1CCC(C(C)CCC(C)C(C)C)C1(C)CC3. The Kier molecular flexibility index (Phi) is 6.54. The molecule has 0 heterocycles. The van der Waals surface area contributed by atoms with E-state index in [-0.39, 0.29) is 5.41 Å². The van der Waals surface area contributed by atoms with E-state index in [1.165, 1.54) is 50.5 Å². The van der Waals surface area contributed by atoms with Gasteiger partial charge in [-0.2, -0.15) is 0 Å². The molecule has 0 bridgehead atoms. The summed E-state index contributed by atoms with van der Waals surface area (Å²) in [4.78, 5) is 13.6. The predicted molar refractivity (Wildman–Crippen MR) is 129 cm³/mol. The minimum Gasteiger partial charge on any atom is -0.381 e. The molecule has 4 aliphatic carbocycles. The van der Waals surface area contributed by atoms with Crippen molar-refractivity contribution in [2.24, 2.45) is 46.3 Å². The summed E-state index contributed by atoms with van der Waals surface area (Å²) in [6, 6.07) is 0. The minimum absolute atomic E-state index is 0.246. The van der Waals surface area contributed by atoms with E-state index < -0.39 is 0 Å². The van der Waals surface area contributed by atoms with Crippen molar-refractivity contribution < 1.29 is 9.53 Å². The Labute approximate surface area is 192 Å². The largest absolute Gasteiger partial charge is 0.381 e. The van der Waals surface area contributed by atoms with Crippen molar-refractivity contribution in [1.82, 2.24) is 0 Å². The third-order valence-electron chi connectivity index (χ3n) is 11.1. The lowest BCUT2D eigenvalue weighted by Gasteiger charge is -2.54. The molecule has 176 valence electrons. The van der Waals surface area contributed by atoms with E-state index in [2.05, 4.69) is 41.5 Å². The van der Waals surface area contributed by atoms with E-state index in [0.29, 0.717) is 29.1 Å². The van der Waals surface area contributed by atoms with Gasteiger partial charge in [0.1, 0.15) is 0 Å². The van der Waals surface area contributed by atoms with Crippen molar-refractivity contribution in [3.05, 3.63) is 11.1 Å². The second kappa shape index (κ2) is 8.62. The first-order valence-electron chi connectivity index (χ1n) is 13.4. The molecule has 0 spiro atoms. The summed E-state index contributed by atoms with van der Waals surface area (Å²) in [5, 5.41) is 0. The van der Waals surface area contributed by atoms with Gasteiger partial charge in [0.15, 0.2) is 5.78 Å². The van der Waals surface area contributed by atoms with Gasteiger partial charge in [-0.1, -0.05) is 60.0 Å². The number of Topliss-reactive ketones (excluding diaryl/α,β-unsaturated/α-hetero) is 1. The van der Waals surface area contributed by atoms with Gasteiger partial charge in [-0.15, -0.1) is 0 Å². The molecule has 8 unspecified atom stereocenters. The van der Waals surface area contributed by atoms with Gasteiger partial charge >= 0.3 is 0 Å². The zero-order chi connectivity index (χ0) is 22.6. The molecule has 0 aromatic rings. The smallest absolute Gasteiger partial charge is 0.159 e. The van der Waals surface area contributed by atoms with Crippen LogP contribution in [0.15, 0.2) is 11.1 Å². The molecule has 4 aliphatic rings. The number of rotatable bonds is 6. The van der Waals surface area contributed by atoms with Crippen LogP contribution in [0.5, 0.6) is 0 Å². The fourth-order valence-corrected chi connectivity index (χ4v) is 8.40. The number of ether oxygens (including phenoxy) is 1. The van der Waals surface area contributed by atoms with Gasteiger partial charge in [-0.05, 0) is 96.9 Å². The Morgan fingerprint density at radius 3 is 2.45 bits per heavy atom. The van der Waals surface area contributed by atoms with Crippen molar-refractivity contribution in [1.29, 1.82) is 0 Å². The first-order chi connectivity index (χ1) is 14.6. The zero-order valence-corrected chi connectivity index (χ0v) is 21.4. The van der Waals surface area contributed by atoms with Gasteiger partial charge < -0.3 is 4.74 Å². The standard InChI is InChI=1S/C29H48O2/c1-18(2)19(3)8-9-20(4)23-10-11-24-27-25(13-15-29(23,24)6)28(5)14-12-22(31-7)16-21(28)17-26(27)30/h18-24H,8-17H2,1-7H3. The van der Waals surface area contributed by atoms with Gasteiger partial charge in [0.05, 0.1) is 6.10 Å². The monoisotopic (exact) mass is 428 g/mol. The molecule has 0 aromatic heterocycles. The van der Waals surface area contributed by atoms with Gasteiger partial charge in [-0.25, -0.2) is 0 Å². The highest BCUT2D eigenvalue weighted by molar-refractivity contribution is 5.98. The number of carbonyl (C=O) groups is 1. The van der Waals surface area contributed by atoms with Crippen molar-refractivity contribution in [2.45, 2.75) is 112 Å². The number of methoxy groups -OCH3 is 1. The molecule has 0 amide bonds. The Hall–Kier alpha value is -0.630. The van der Waals surface area contributed by atoms with Gasteiger partial charge in [-0.3, -0.25) is 4.79 Å². The highest BCUT2D eigenvalue weighted by Crippen LogP contribution is 2.65. The molecule has 31 heavy (non-hydrogen) atoms. The number of carbonyl (C=O) groups excluding carboxylic acids is 1. The summed E-state index contributed by atoms with van der Waals surface area (Å²) >= 11 is 0. The maximum atomic E-state index is 13.6. The molecule has 4 rings (SSSR count). The molecule has 8 atom stereocenters. The quantitative estimate of drug-likeness (QED) is 0.435. The van der Waals surface area contributed by atoms with Crippen molar-refractivity contribution in [3.8, 4) is 0 Å². The number of hydrogen-bond donors (Lipinski definition) is 0. The third-order valence-corrected chi connectivity index (χ3v) is 11.1. The summed E-state index contributed by atoms with van der Waals surface area (Å²) in [6.45, 7) is 14.7. The summed E-state index contributed by atoms with van der Waals surface area (Å²) in [7, 11) is 1.84. The van der Waals surface area contributed by atoms with Gasteiger partial charge in [0, 0.05) is 13.5 Å². The van der Waals surface area contributed by atoms with Crippen LogP contribution in [0.4, 0.5) is 0 Å². The van der Waals surface area contributed by atoms with Crippen molar-refractivity contribution in [2.75, 3.05) is 7.11 Å². The van der Waals surface area contributed by atoms with Crippen LogP contribution in [0.1, 0.15) is 106 Å². The highest BCUT2D eigenvalue weighted by atomic mass is 16.5. The number of hydrogen-bond acceptors (Lipinski definition) is 2. The highest BCUT2D eigenvalue weighted by Gasteiger charge is 2.57. The minimum atomic E-state index is 0.246. The van der Waals surface area contributed by atoms with E-state index in [0.717, 1.165) is 42.9 Å². The second-order valence-electron chi connectivity index (χ2n) is 12.8. The van der Waals surface area contributed by atoms with Gasteiger partial charge in [0.25, 0.3) is 0 Å². The Balaban J connectivity index is 1.56. The maximum Gasteiger partial charge on any atom is 0.159 e. The molecular formula is C29H48O2. The van der Waals surface area contributed by atoms with E-state index in [9.17, 15) is 4.79 Å². The van der Waals surface area contributed by atoms with Crippen LogP contribution in [0, 0.1) is 46.3 Å². The molecule has 2 heteroatoms. The van der Waals surface area contributed by atoms with Crippen LogP contribution in [0.25, 0.3) is 0 Å². The maximum absolute atomic E-state index is 13.6. The Bertz CT molecular complexity index is 720. The Morgan fingerprint density at radius 2 is 1.77 bits per heavy atom. The summed E-state index contributed by atoms with van der Waals surface area (Å²) in [5.74, 6) is 4.68. The summed E-state index contributed by atoms with van der Waals surface area (Å²) < 4.78 is 5.71. The first-order valence-corrected chi connectivity index (χ1v) is 13.4. The number of fused-ring (bicyclic) bond motifs is 4. The normalized spacial score (nSPS) is 42.3. The molecule has 0 aromatic carbocycles. The molecular weight excluding hydrogens is 380 g/mol. The molecule has 0 N–H and O–H groups in total. The van der Waals surface area contributed by atoms with Gasteiger partial charge in [0.2, 0.25) is 0 Å². The van der Waals surface area contributed by atoms with E-state index in [1.807, 2.05) is 7.11 Å². The predicted octanol–water partition coefficient (Wildman–Crippen LogP) is 7.61. The Morgan fingerprint density at radius 1 is 1.03 bits per heavy atom. The second-order valence-corrected chi connectivity index (χ2v) is 12.8. The molecule has 2 saturated carbocycles. The van der Waals surface area contributed by atoms with Crippen molar-refractivity contribution >= 4 is 5.78 Å². The lowest BCUT2D eigenvalue weighted by molar-refractivity contribution is -0.122. The average molecular weight is 429 g/mol. The average Bonchev–Trinajstić information content (AvgIpc) is 3.09. The van der Waals surface area contributed by atoms with E-state index in [4.69, 9.17) is 4.74 Å². The van der Waals surface area contributed by atoms with Crippen LogP contribution in [-0.2, 0) is 9.53 Å². The van der Waals surface area contributed by atoms with Crippen LogP contribution in [-0.4, -0.2) is 19.0 Å². The number of allylic oxidation sites excluding steroid dienone is 2. The van der Waals surface area contributed by atoms with Crippen molar-refractivity contribution in [3.63, 3.8) is 0 Å². The summed E-state index contributed by atoms with van der Waals surface area (Å²) in [5.41, 5.74) is 3.50. The van der Waals surface area contributed by atoms with Crippen LogP contribution in [0.2, 0.25) is 0 Å². The lowest BCUT2D eigenvalue weighted by Crippen LogP contribution is -2.48. The lowest BCUT2D eigenvalue weighted by atomic mass is 9.50. The van der Waals surface area contributed by atoms with E-state index >= 15 is 0 Å². The van der Waals surface area contributed by atoms with Crippen LogP contribution >= 0.6 is 0 Å². The zero-order valence-electron chi connectivity index (χ0n) is 21.4. The molecule has 0 aliphatic heterocycles. The third kappa shape index (κ3) is 3.87. The molecule has 0 saturated heterocycles. The first kappa shape index (κ1) is 23.5. The molecule has 0 radical (unpaired) electrons. The molecule has 2 nitrogen and oxygen atoms in total. The topological polar surface area (TPSA) is 26.3 Å².